The Morgan fingerprint density at radius 3 is 2.61 bits per heavy atom. The Balaban J connectivity index is 1.76. The van der Waals surface area contributed by atoms with Gasteiger partial charge in [-0.2, -0.15) is 0 Å². The molecule has 3 aromatic heterocycles. The normalized spacial score (nSPS) is 22.9. The molecule has 1 aliphatic rings. The molecule has 1 fully saturated rings. The molecular formula is C25H27N2O+. The number of furan rings is 1. The molecule has 4 aromatic rings. The predicted molar refractivity (Wildman–Crippen MR) is 113 cm³/mol. The van der Waals surface area contributed by atoms with Crippen LogP contribution in [0.4, 0.5) is 0 Å². The maximum Gasteiger partial charge on any atom is 0.227 e. The van der Waals surface area contributed by atoms with Gasteiger partial charge in [-0.25, -0.2) is 9.55 Å². The fraction of sp³-hybridized carbons (Fsp3) is 0.360. The average molecular weight is 377 g/mol. The van der Waals surface area contributed by atoms with Crippen molar-refractivity contribution in [3.05, 3.63) is 59.4 Å². The first-order valence-corrected chi connectivity index (χ1v) is 9.76. The summed E-state index contributed by atoms with van der Waals surface area (Å²) < 4.78 is 51.2. The van der Waals surface area contributed by atoms with Crippen molar-refractivity contribution in [3.63, 3.8) is 0 Å². The first-order valence-electron chi connectivity index (χ1n) is 12.3. The first-order chi connectivity index (χ1) is 15.5. The second-order valence-corrected chi connectivity index (χ2v) is 7.57. The minimum Gasteiger partial charge on any atom is -0.437 e. The molecule has 0 aliphatic heterocycles. The lowest BCUT2D eigenvalue weighted by Crippen LogP contribution is -2.31. The van der Waals surface area contributed by atoms with Crippen molar-refractivity contribution in [1.82, 2.24) is 4.98 Å². The second kappa shape index (κ2) is 6.73. The van der Waals surface area contributed by atoms with E-state index in [1.807, 2.05) is 33.0 Å². The number of pyridine rings is 2. The van der Waals surface area contributed by atoms with Gasteiger partial charge in [0.2, 0.25) is 11.4 Å². The van der Waals surface area contributed by atoms with E-state index in [2.05, 4.69) is 27.9 Å². The lowest BCUT2D eigenvalue weighted by molar-refractivity contribution is -0.660. The zero-order valence-corrected chi connectivity index (χ0v) is 16.5. The molecule has 0 N–H and O–H groups in total. The van der Waals surface area contributed by atoms with E-state index in [1.165, 1.54) is 0 Å². The fourth-order valence-electron chi connectivity index (χ4n) is 4.04. The molecule has 1 aliphatic carbocycles. The van der Waals surface area contributed by atoms with Crippen LogP contribution in [0.1, 0.15) is 61.6 Å². The van der Waals surface area contributed by atoms with Crippen molar-refractivity contribution in [1.29, 1.82) is 0 Å². The summed E-state index contributed by atoms with van der Waals surface area (Å²) in [5.41, 5.74) is 5.22. The van der Waals surface area contributed by atoms with Crippen LogP contribution in [0.3, 0.4) is 0 Å². The number of fused-ring (bicyclic) bond motifs is 3. The van der Waals surface area contributed by atoms with E-state index in [-0.39, 0.29) is 18.5 Å². The number of rotatable bonds is 2. The topological polar surface area (TPSA) is 29.9 Å². The summed E-state index contributed by atoms with van der Waals surface area (Å²) in [6, 6.07) is 11.5. The Bertz CT molecular complexity index is 1390. The molecule has 5 rings (SSSR count). The van der Waals surface area contributed by atoms with Crippen LogP contribution in [-0.4, -0.2) is 4.98 Å². The molecule has 0 spiro atoms. The van der Waals surface area contributed by atoms with Gasteiger partial charge < -0.3 is 4.42 Å². The fourth-order valence-corrected chi connectivity index (χ4v) is 4.04. The van der Waals surface area contributed by atoms with Gasteiger partial charge in [-0.1, -0.05) is 31.4 Å². The highest BCUT2D eigenvalue weighted by atomic mass is 16.3. The highest BCUT2D eigenvalue weighted by Gasteiger charge is 2.22. The predicted octanol–water partition coefficient (Wildman–Crippen LogP) is 6.14. The third-order valence-corrected chi connectivity index (χ3v) is 5.47. The van der Waals surface area contributed by atoms with Gasteiger partial charge in [0.1, 0.15) is 7.05 Å². The van der Waals surface area contributed by atoms with Crippen molar-refractivity contribution in [2.45, 2.75) is 51.7 Å². The van der Waals surface area contributed by atoms with E-state index in [0.717, 1.165) is 33.2 Å². The van der Waals surface area contributed by atoms with Crippen molar-refractivity contribution < 1.29 is 15.8 Å². The summed E-state index contributed by atoms with van der Waals surface area (Å²) in [4.78, 5) is 4.56. The first kappa shape index (κ1) is 12.7. The quantitative estimate of drug-likeness (QED) is 0.393. The lowest BCUT2D eigenvalue weighted by Gasteiger charge is -2.20. The van der Waals surface area contributed by atoms with E-state index in [0.29, 0.717) is 17.7 Å². The van der Waals surface area contributed by atoms with Crippen molar-refractivity contribution in [3.8, 4) is 11.3 Å². The highest BCUT2D eigenvalue weighted by molar-refractivity contribution is 6.08. The maximum atomic E-state index is 8.98. The van der Waals surface area contributed by atoms with Crippen LogP contribution in [0.2, 0.25) is 0 Å². The summed E-state index contributed by atoms with van der Waals surface area (Å²) in [6.07, 6.45) is -1.36. The van der Waals surface area contributed by atoms with Crippen LogP contribution in [0.5, 0.6) is 0 Å². The number of nitrogens with zero attached hydrogens (tertiary/aromatic N) is 2. The zero-order chi connectivity index (χ0) is 23.8. The molecule has 0 unspecified atom stereocenters. The third kappa shape index (κ3) is 2.81. The molecule has 3 heterocycles. The lowest BCUT2D eigenvalue weighted by atomic mass is 9.86. The molecule has 0 atom stereocenters. The number of hydrogen-bond donors (Lipinski definition) is 0. The molecule has 142 valence electrons. The monoisotopic (exact) mass is 376 g/mol. The van der Waals surface area contributed by atoms with Gasteiger partial charge >= 0.3 is 0 Å². The van der Waals surface area contributed by atoms with Gasteiger partial charge in [0, 0.05) is 40.8 Å². The Morgan fingerprint density at radius 2 is 1.82 bits per heavy atom. The Kier molecular flexibility index (Phi) is 3.06. The smallest absolute Gasteiger partial charge is 0.227 e. The highest BCUT2D eigenvalue weighted by Crippen LogP contribution is 2.38. The van der Waals surface area contributed by atoms with Gasteiger partial charge in [-0.05, 0) is 50.4 Å². The van der Waals surface area contributed by atoms with E-state index in [1.54, 1.807) is 12.1 Å². The number of hydrogen-bond acceptors (Lipinski definition) is 2. The third-order valence-electron chi connectivity index (χ3n) is 5.47. The summed E-state index contributed by atoms with van der Waals surface area (Å²) in [5.74, 6) is -2.12. The number of aromatic nitrogens is 2. The Hall–Kier alpha value is -2.68. The molecule has 0 bridgehead atoms. The minimum absolute atomic E-state index is 0.0721. The number of benzene rings is 1. The molecular weight excluding hydrogens is 344 g/mol. The molecule has 1 saturated carbocycles. The van der Waals surface area contributed by atoms with Crippen LogP contribution in [0.15, 0.2) is 47.0 Å². The van der Waals surface area contributed by atoms with Crippen molar-refractivity contribution >= 4 is 22.1 Å². The van der Waals surface area contributed by atoms with Crippen LogP contribution >= 0.6 is 0 Å². The van der Waals surface area contributed by atoms with Crippen molar-refractivity contribution in [2.75, 3.05) is 0 Å². The standard InChI is InChI=1S/C25H27N2O/c1-16-9-14-22(27(3)15-16)23-17(2)10-11-19-20-12-13-21(18-7-5-4-6-8-18)26-25(20)28-24(19)23/h9-15,18H,4-8H2,1-3H3/q+1/i7D2,8D2,18D. The van der Waals surface area contributed by atoms with E-state index < -0.39 is 18.6 Å². The largest absolute Gasteiger partial charge is 0.437 e. The SMILES string of the molecule is [2H]C1([2H])CCCC([2H])([2H])C1([2H])c1ccc2c(n1)oc1c(-c3ccc(C)c[n+]3C)c(C)ccc12. The van der Waals surface area contributed by atoms with Gasteiger partial charge in [-0.15, -0.1) is 0 Å². The summed E-state index contributed by atoms with van der Waals surface area (Å²) in [7, 11) is 2.00. The summed E-state index contributed by atoms with van der Waals surface area (Å²) in [6.45, 7) is 4.08. The maximum absolute atomic E-state index is 8.98. The van der Waals surface area contributed by atoms with Gasteiger partial charge in [-0.3, -0.25) is 0 Å². The van der Waals surface area contributed by atoms with E-state index in [4.69, 9.17) is 11.3 Å². The van der Waals surface area contributed by atoms with Gasteiger partial charge in [0.15, 0.2) is 11.8 Å². The Morgan fingerprint density at radius 1 is 1.04 bits per heavy atom. The van der Waals surface area contributed by atoms with E-state index in [9.17, 15) is 0 Å². The summed E-state index contributed by atoms with van der Waals surface area (Å²) >= 11 is 0. The van der Waals surface area contributed by atoms with Gasteiger partial charge in [0.25, 0.3) is 0 Å². The van der Waals surface area contributed by atoms with Crippen LogP contribution in [0, 0.1) is 13.8 Å². The Labute approximate surface area is 173 Å². The van der Waals surface area contributed by atoms with Crippen LogP contribution < -0.4 is 4.57 Å². The molecule has 0 saturated heterocycles. The molecule has 3 nitrogen and oxygen atoms in total. The molecule has 0 radical (unpaired) electrons. The average Bonchev–Trinajstić information content (AvgIpc) is 3.10. The summed E-state index contributed by atoms with van der Waals surface area (Å²) in [5, 5.41) is 1.66. The zero-order valence-electron chi connectivity index (χ0n) is 21.5. The van der Waals surface area contributed by atoms with E-state index >= 15 is 0 Å². The molecule has 28 heavy (non-hydrogen) atoms. The minimum atomic E-state index is -2.12. The molecule has 1 aromatic carbocycles. The molecule has 3 heteroatoms. The number of aryl methyl sites for hydroxylation is 3. The second-order valence-electron chi connectivity index (χ2n) is 7.57. The van der Waals surface area contributed by atoms with Crippen LogP contribution in [-0.2, 0) is 7.05 Å². The molecule has 0 amide bonds. The van der Waals surface area contributed by atoms with Gasteiger partial charge in [0.05, 0.1) is 5.56 Å². The van der Waals surface area contributed by atoms with Crippen molar-refractivity contribution in [2.24, 2.45) is 7.05 Å². The van der Waals surface area contributed by atoms with Crippen LogP contribution in [0.25, 0.3) is 33.3 Å².